The van der Waals surface area contributed by atoms with Crippen molar-refractivity contribution in [3.8, 4) is 0 Å². The summed E-state index contributed by atoms with van der Waals surface area (Å²) in [5.74, 6) is -0.156. The number of likely N-dealkylation sites (tertiary alicyclic amines) is 1. The van der Waals surface area contributed by atoms with E-state index in [9.17, 15) is 9.59 Å². The van der Waals surface area contributed by atoms with Crippen LogP contribution in [0.2, 0.25) is 10.0 Å². The zero-order valence-corrected chi connectivity index (χ0v) is 16.6. The third kappa shape index (κ3) is 4.82. The molecule has 0 aromatic heterocycles. The lowest BCUT2D eigenvalue weighted by Crippen LogP contribution is -2.43. The lowest BCUT2D eigenvalue weighted by molar-refractivity contribution is -0.126. The molecule has 6 heteroatoms. The lowest BCUT2D eigenvalue weighted by atomic mass is 9.94. The van der Waals surface area contributed by atoms with Crippen molar-refractivity contribution in [1.29, 1.82) is 0 Å². The first-order chi connectivity index (χ1) is 13.0. The summed E-state index contributed by atoms with van der Waals surface area (Å²) < 4.78 is 0. The van der Waals surface area contributed by atoms with E-state index in [0.29, 0.717) is 41.5 Å². The molecule has 2 amide bonds. The SMILES string of the molecule is C[C@H](NC(=O)C1CCN(C(=O)c2ccc(Cl)cc2Cl)CC1)c1ccccc1. The van der Waals surface area contributed by atoms with Crippen molar-refractivity contribution in [1.82, 2.24) is 10.2 Å². The van der Waals surface area contributed by atoms with Crippen LogP contribution in [-0.2, 0) is 4.79 Å². The van der Waals surface area contributed by atoms with Crippen molar-refractivity contribution in [3.05, 3.63) is 69.7 Å². The molecule has 2 aromatic carbocycles. The molecule has 1 fully saturated rings. The number of hydrogen-bond donors (Lipinski definition) is 1. The Morgan fingerprint density at radius 3 is 2.37 bits per heavy atom. The number of carbonyl (C=O) groups is 2. The van der Waals surface area contributed by atoms with E-state index in [1.807, 2.05) is 37.3 Å². The van der Waals surface area contributed by atoms with Gasteiger partial charge in [-0.05, 0) is 43.5 Å². The molecule has 2 aromatic rings. The second kappa shape index (κ2) is 8.77. The second-order valence-electron chi connectivity index (χ2n) is 6.83. The van der Waals surface area contributed by atoms with E-state index in [2.05, 4.69) is 5.32 Å². The molecule has 142 valence electrons. The molecule has 1 aliphatic rings. The van der Waals surface area contributed by atoms with Crippen molar-refractivity contribution in [2.24, 2.45) is 5.92 Å². The molecule has 0 aliphatic carbocycles. The highest BCUT2D eigenvalue weighted by molar-refractivity contribution is 6.36. The van der Waals surface area contributed by atoms with Crippen LogP contribution in [0.25, 0.3) is 0 Å². The van der Waals surface area contributed by atoms with Gasteiger partial charge >= 0.3 is 0 Å². The van der Waals surface area contributed by atoms with Gasteiger partial charge < -0.3 is 10.2 Å². The number of hydrogen-bond acceptors (Lipinski definition) is 2. The molecule has 27 heavy (non-hydrogen) atoms. The molecule has 4 nitrogen and oxygen atoms in total. The third-order valence-corrected chi connectivity index (χ3v) is 5.52. The van der Waals surface area contributed by atoms with Gasteiger partial charge in [-0.15, -0.1) is 0 Å². The van der Waals surface area contributed by atoms with Gasteiger partial charge in [0.2, 0.25) is 5.91 Å². The fraction of sp³-hybridized carbons (Fsp3) is 0.333. The van der Waals surface area contributed by atoms with Crippen LogP contribution >= 0.6 is 23.2 Å². The zero-order valence-electron chi connectivity index (χ0n) is 15.1. The normalized spacial score (nSPS) is 16.0. The van der Waals surface area contributed by atoms with Gasteiger partial charge in [0.15, 0.2) is 0 Å². The van der Waals surface area contributed by atoms with Gasteiger partial charge in [0.25, 0.3) is 5.91 Å². The van der Waals surface area contributed by atoms with Crippen LogP contribution in [0.4, 0.5) is 0 Å². The largest absolute Gasteiger partial charge is 0.349 e. The number of rotatable bonds is 4. The number of piperidine rings is 1. The standard InChI is InChI=1S/C21H22Cl2N2O2/c1-14(15-5-3-2-4-6-15)24-20(26)16-9-11-25(12-10-16)21(27)18-8-7-17(22)13-19(18)23/h2-8,13-14,16H,9-12H2,1H3,(H,24,26)/t14-/m0/s1. The number of halogens is 2. The number of carbonyl (C=O) groups excluding carboxylic acids is 2. The quantitative estimate of drug-likeness (QED) is 0.800. The Kier molecular flexibility index (Phi) is 6.40. The Hall–Kier alpha value is -2.04. The van der Waals surface area contributed by atoms with Crippen molar-refractivity contribution in [2.75, 3.05) is 13.1 Å². The predicted octanol–water partition coefficient (Wildman–Crippen LogP) is 4.72. The maximum absolute atomic E-state index is 12.7. The summed E-state index contributed by atoms with van der Waals surface area (Å²) in [6.07, 6.45) is 1.29. The Balaban J connectivity index is 1.55. The van der Waals surface area contributed by atoms with Crippen LogP contribution in [0.1, 0.15) is 41.7 Å². The average Bonchev–Trinajstić information content (AvgIpc) is 2.68. The maximum atomic E-state index is 12.7. The number of nitrogens with one attached hydrogen (secondary N) is 1. The predicted molar refractivity (Wildman–Crippen MR) is 108 cm³/mol. The van der Waals surface area contributed by atoms with E-state index in [1.165, 1.54) is 0 Å². The van der Waals surface area contributed by atoms with Gasteiger partial charge in [0.1, 0.15) is 0 Å². The van der Waals surface area contributed by atoms with Crippen molar-refractivity contribution < 1.29 is 9.59 Å². The van der Waals surface area contributed by atoms with Crippen LogP contribution in [0.15, 0.2) is 48.5 Å². The lowest BCUT2D eigenvalue weighted by Gasteiger charge is -2.32. The molecule has 1 N–H and O–H groups in total. The first kappa shape index (κ1) is 19.7. The van der Waals surface area contributed by atoms with Crippen molar-refractivity contribution in [3.63, 3.8) is 0 Å². The summed E-state index contributed by atoms with van der Waals surface area (Å²) in [6.45, 7) is 3.06. The molecule has 0 radical (unpaired) electrons. The van der Waals surface area contributed by atoms with E-state index in [1.54, 1.807) is 23.1 Å². The monoisotopic (exact) mass is 404 g/mol. The zero-order chi connectivity index (χ0) is 19.4. The van der Waals surface area contributed by atoms with Gasteiger partial charge in [0.05, 0.1) is 16.6 Å². The first-order valence-corrected chi connectivity index (χ1v) is 9.81. The first-order valence-electron chi connectivity index (χ1n) is 9.05. The summed E-state index contributed by atoms with van der Waals surface area (Å²) in [4.78, 5) is 27.0. The Bertz CT molecular complexity index is 818. The average molecular weight is 405 g/mol. The van der Waals surface area contributed by atoms with Gasteiger partial charge in [-0.2, -0.15) is 0 Å². The number of nitrogens with zero attached hydrogens (tertiary/aromatic N) is 1. The summed E-state index contributed by atoms with van der Waals surface area (Å²) >= 11 is 12.0. The fourth-order valence-corrected chi connectivity index (χ4v) is 3.82. The summed E-state index contributed by atoms with van der Waals surface area (Å²) in [6, 6.07) is 14.7. The van der Waals surface area contributed by atoms with E-state index in [4.69, 9.17) is 23.2 Å². The molecule has 0 unspecified atom stereocenters. The molecule has 0 saturated carbocycles. The van der Waals surface area contributed by atoms with E-state index in [-0.39, 0.29) is 23.8 Å². The Labute approximate surface area is 169 Å². The number of benzene rings is 2. The molecule has 3 rings (SSSR count). The molecule has 1 atom stereocenters. The van der Waals surface area contributed by atoms with Crippen LogP contribution in [0.5, 0.6) is 0 Å². The highest BCUT2D eigenvalue weighted by Gasteiger charge is 2.29. The second-order valence-corrected chi connectivity index (χ2v) is 7.68. The molecule has 0 spiro atoms. The minimum atomic E-state index is -0.117. The molecular weight excluding hydrogens is 383 g/mol. The van der Waals surface area contributed by atoms with Crippen LogP contribution in [0, 0.1) is 5.92 Å². The summed E-state index contributed by atoms with van der Waals surface area (Å²) in [7, 11) is 0. The van der Waals surface area contributed by atoms with E-state index in [0.717, 1.165) is 5.56 Å². The molecule has 1 saturated heterocycles. The van der Waals surface area contributed by atoms with Crippen molar-refractivity contribution in [2.45, 2.75) is 25.8 Å². The number of amides is 2. The Morgan fingerprint density at radius 2 is 1.74 bits per heavy atom. The van der Waals surface area contributed by atoms with Gasteiger partial charge in [-0.25, -0.2) is 0 Å². The Morgan fingerprint density at radius 1 is 1.07 bits per heavy atom. The molecule has 0 bridgehead atoms. The summed E-state index contributed by atoms with van der Waals surface area (Å²) in [5, 5.41) is 3.93. The smallest absolute Gasteiger partial charge is 0.255 e. The van der Waals surface area contributed by atoms with Crippen LogP contribution < -0.4 is 5.32 Å². The van der Waals surface area contributed by atoms with Gasteiger partial charge in [0, 0.05) is 24.0 Å². The van der Waals surface area contributed by atoms with Gasteiger partial charge in [-0.1, -0.05) is 53.5 Å². The van der Waals surface area contributed by atoms with Crippen molar-refractivity contribution >= 4 is 35.0 Å². The maximum Gasteiger partial charge on any atom is 0.255 e. The minimum Gasteiger partial charge on any atom is -0.349 e. The molecule has 1 heterocycles. The van der Waals surface area contributed by atoms with Crippen LogP contribution in [0.3, 0.4) is 0 Å². The van der Waals surface area contributed by atoms with E-state index >= 15 is 0 Å². The van der Waals surface area contributed by atoms with E-state index < -0.39 is 0 Å². The van der Waals surface area contributed by atoms with Crippen LogP contribution in [-0.4, -0.2) is 29.8 Å². The molecule has 1 aliphatic heterocycles. The molecular formula is C21H22Cl2N2O2. The summed E-state index contributed by atoms with van der Waals surface area (Å²) in [5.41, 5.74) is 1.53. The van der Waals surface area contributed by atoms with Gasteiger partial charge in [-0.3, -0.25) is 9.59 Å². The highest BCUT2D eigenvalue weighted by atomic mass is 35.5. The minimum absolute atomic E-state index is 0.0359. The fourth-order valence-electron chi connectivity index (χ4n) is 3.33. The third-order valence-electron chi connectivity index (χ3n) is 4.97. The highest BCUT2D eigenvalue weighted by Crippen LogP contribution is 2.25. The topological polar surface area (TPSA) is 49.4 Å².